The number of benzene rings is 1. The SMILES string of the molecule is COc1cc2c(cc1OC)NC(N1CCc3c(ncn3C3CCCCC3)C1)N=C2. The summed E-state index contributed by atoms with van der Waals surface area (Å²) in [7, 11) is 3.31. The molecule has 29 heavy (non-hydrogen) atoms. The highest BCUT2D eigenvalue weighted by Crippen LogP contribution is 2.36. The molecular formula is C22H29N5O2. The number of imidazole rings is 1. The monoisotopic (exact) mass is 395 g/mol. The first kappa shape index (κ1) is 18.5. The summed E-state index contributed by atoms with van der Waals surface area (Å²) < 4.78 is 13.3. The summed E-state index contributed by atoms with van der Waals surface area (Å²) in [6.45, 7) is 1.80. The van der Waals surface area contributed by atoms with Gasteiger partial charge in [0.25, 0.3) is 0 Å². The minimum atomic E-state index is -0.0893. The number of hydrogen-bond acceptors (Lipinski definition) is 6. The molecule has 0 saturated heterocycles. The van der Waals surface area contributed by atoms with Gasteiger partial charge in [-0.1, -0.05) is 19.3 Å². The average Bonchev–Trinajstić information content (AvgIpc) is 3.21. The van der Waals surface area contributed by atoms with Crippen LogP contribution in [-0.4, -0.2) is 47.7 Å². The Morgan fingerprint density at radius 1 is 1.07 bits per heavy atom. The average molecular weight is 396 g/mol. The van der Waals surface area contributed by atoms with Crippen LogP contribution in [-0.2, 0) is 13.0 Å². The van der Waals surface area contributed by atoms with Crippen LogP contribution >= 0.6 is 0 Å². The van der Waals surface area contributed by atoms with Crippen molar-refractivity contribution in [2.24, 2.45) is 4.99 Å². The second-order valence-electron chi connectivity index (χ2n) is 8.15. The third-order valence-electron chi connectivity index (χ3n) is 6.48. The Hall–Kier alpha value is -2.54. The normalized spacial score (nSPS) is 21.9. The van der Waals surface area contributed by atoms with E-state index in [-0.39, 0.29) is 6.29 Å². The summed E-state index contributed by atoms with van der Waals surface area (Å²) in [5.41, 5.74) is 4.66. The quantitative estimate of drug-likeness (QED) is 0.857. The first-order valence-corrected chi connectivity index (χ1v) is 10.6. The number of methoxy groups -OCH3 is 2. The van der Waals surface area contributed by atoms with E-state index in [1.54, 1.807) is 14.2 Å². The van der Waals surface area contributed by atoms with Crippen molar-refractivity contribution in [1.82, 2.24) is 14.5 Å². The summed E-state index contributed by atoms with van der Waals surface area (Å²) in [6.07, 6.45) is 11.6. The fraction of sp³-hybridized carbons (Fsp3) is 0.545. The lowest BCUT2D eigenvalue weighted by atomic mass is 9.95. The molecule has 1 aliphatic carbocycles. The van der Waals surface area contributed by atoms with E-state index in [1.807, 2.05) is 18.3 Å². The van der Waals surface area contributed by atoms with Crippen molar-refractivity contribution in [3.8, 4) is 11.5 Å². The zero-order valence-electron chi connectivity index (χ0n) is 17.2. The van der Waals surface area contributed by atoms with Gasteiger partial charge in [-0.05, 0) is 18.9 Å². The zero-order valence-corrected chi connectivity index (χ0v) is 17.2. The van der Waals surface area contributed by atoms with Gasteiger partial charge in [-0.15, -0.1) is 0 Å². The second kappa shape index (κ2) is 7.71. The third-order valence-corrected chi connectivity index (χ3v) is 6.48. The molecule has 1 unspecified atom stereocenters. The number of ether oxygens (including phenoxy) is 2. The Balaban J connectivity index is 1.33. The van der Waals surface area contributed by atoms with Crippen molar-refractivity contribution in [3.05, 3.63) is 35.4 Å². The molecule has 2 aromatic rings. The molecule has 1 N–H and O–H groups in total. The summed E-state index contributed by atoms with van der Waals surface area (Å²) in [5.74, 6) is 1.44. The fourth-order valence-corrected chi connectivity index (χ4v) is 4.87. The molecule has 154 valence electrons. The number of hydrogen-bond donors (Lipinski definition) is 1. The van der Waals surface area contributed by atoms with Gasteiger partial charge in [0.1, 0.15) is 0 Å². The maximum Gasteiger partial charge on any atom is 0.176 e. The van der Waals surface area contributed by atoms with Gasteiger partial charge in [0.15, 0.2) is 17.8 Å². The molecular weight excluding hydrogens is 366 g/mol. The van der Waals surface area contributed by atoms with Crippen molar-refractivity contribution in [3.63, 3.8) is 0 Å². The smallest absolute Gasteiger partial charge is 0.176 e. The Morgan fingerprint density at radius 2 is 1.86 bits per heavy atom. The van der Waals surface area contributed by atoms with Crippen LogP contribution in [0.25, 0.3) is 0 Å². The minimum Gasteiger partial charge on any atom is -0.493 e. The summed E-state index contributed by atoms with van der Waals surface area (Å²) in [4.78, 5) is 11.9. The Morgan fingerprint density at radius 3 is 2.66 bits per heavy atom. The van der Waals surface area contributed by atoms with Crippen LogP contribution in [0.15, 0.2) is 23.5 Å². The van der Waals surface area contributed by atoms with Crippen LogP contribution in [0.1, 0.15) is 55.1 Å². The van der Waals surface area contributed by atoms with Gasteiger partial charge >= 0.3 is 0 Å². The lowest BCUT2D eigenvalue weighted by Gasteiger charge is -2.35. The number of aromatic nitrogens is 2. The molecule has 5 rings (SSSR count). The topological polar surface area (TPSA) is 63.9 Å². The number of nitrogens with zero attached hydrogens (tertiary/aromatic N) is 4. The van der Waals surface area contributed by atoms with Gasteiger partial charge in [0.2, 0.25) is 0 Å². The zero-order chi connectivity index (χ0) is 19.8. The van der Waals surface area contributed by atoms with Crippen molar-refractivity contribution in [2.75, 3.05) is 26.1 Å². The van der Waals surface area contributed by atoms with E-state index < -0.39 is 0 Å². The minimum absolute atomic E-state index is 0.0893. The van der Waals surface area contributed by atoms with Crippen LogP contribution in [0.4, 0.5) is 5.69 Å². The molecule has 1 atom stereocenters. The van der Waals surface area contributed by atoms with E-state index in [0.29, 0.717) is 11.8 Å². The van der Waals surface area contributed by atoms with Crippen molar-refractivity contribution in [2.45, 2.75) is 57.4 Å². The van der Waals surface area contributed by atoms with Crippen molar-refractivity contribution >= 4 is 11.9 Å². The standard InChI is InChI=1S/C22H29N5O2/c1-28-20-10-15-12-23-22(25-17(15)11-21(20)29-2)26-9-8-19-18(13-26)24-14-27(19)16-6-4-3-5-7-16/h10-12,14,16,22,25H,3-9,13H2,1-2H3. The predicted molar refractivity (Wildman–Crippen MR) is 113 cm³/mol. The molecule has 1 aromatic heterocycles. The van der Waals surface area contributed by atoms with Gasteiger partial charge in [0, 0.05) is 54.8 Å². The maximum atomic E-state index is 5.45. The van der Waals surface area contributed by atoms with E-state index >= 15 is 0 Å². The third kappa shape index (κ3) is 3.37. The summed E-state index contributed by atoms with van der Waals surface area (Å²) >= 11 is 0. The van der Waals surface area contributed by atoms with Crippen molar-refractivity contribution < 1.29 is 9.47 Å². The number of aliphatic imine (C=N–C) groups is 1. The number of anilines is 1. The van der Waals surface area contributed by atoms with E-state index in [9.17, 15) is 0 Å². The predicted octanol–water partition coefficient (Wildman–Crippen LogP) is 3.59. The molecule has 0 amide bonds. The number of rotatable bonds is 4. The molecule has 0 radical (unpaired) electrons. The van der Waals surface area contributed by atoms with E-state index in [2.05, 4.69) is 21.1 Å². The Kier molecular flexibility index (Phi) is 4.91. The van der Waals surface area contributed by atoms with E-state index in [1.165, 1.54) is 43.5 Å². The molecule has 0 bridgehead atoms. The lowest BCUT2D eigenvalue weighted by Crippen LogP contribution is -2.44. The van der Waals surface area contributed by atoms with Gasteiger partial charge in [-0.25, -0.2) is 4.98 Å². The van der Waals surface area contributed by atoms with Gasteiger partial charge in [0.05, 0.1) is 26.2 Å². The molecule has 7 nitrogen and oxygen atoms in total. The van der Waals surface area contributed by atoms with Crippen LogP contribution in [0.3, 0.4) is 0 Å². The summed E-state index contributed by atoms with van der Waals surface area (Å²) in [6, 6.07) is 4.59. The first-order valence-electron chi connectivity index (χ1n) is 10.6. The molecule has 0 spiro atoms. The highest BCUT2D eigenvalue weighted by molar-refractivity contribution is 5.91. The number of nitrogens with one attached hydrogen (secondary N) is 1. The van der Waals surface area contributed by atoms with Crippen molar-refractivity contribution in [1.29, 1.82) is 0 Å². The van der Waals surface area contributed by atoms with Crippen LogP contribution in [0, 0.1) is 0 Å². The summed E-state index contributed by atoms with van der Waals surface area (Å²) in [5, 5.41) is 3.55. The van der Waals surface area contributed by atoms with Crippen LogP contribution in [0.5, 0.6) is 11.5 Å². The Labute approximate surface area is 171 Å². The van der Waals surface area contributed by atoms with E-state index in [4.69, 9.17) is 19.5 Å². The molecule has 1 aromatic carbocycles. The van der Waals surface area contributed by atoms with Gasteiger partial charge in [-0.3, -0.25) is 9.89 Å². The van der Waals surface area contributed by atoms with Gasteiger partial charge < -0.3 is 19.4 Å². The van der Waals surface area contributed by atoms with Crippen LogP contribution < -0.4 is 14.8 Å². The molecule has 7 heteroatoms. The first-order chi connectivity index (χ1) is 14.3. The van der Waals surface area contributed by atoms with Crippen LogP contribution in [0.2, 0.25) is 0 Å². The second-order valence-corrected chi connectivity index (χ2v) is 8.15. The highest BCUT2D eigenvalue weighted by Gasteiger charge is 2.29. The lowest BCUT2D eigenvalue weighted by molar-refractivity contribution is 0.195. The Bertz CT molecular complexity index is 916. The molecule has 1 saturated carbocycles. The maximum absolute atomic E-state index is 5.45. The fourth-order valence-electron chi connectivity index (χ4n) is 4.87. The molecule has 3 aliphatic rings. The number of fused-ring (bicyclic) bond motifs is 2. The van der Waals surface area contributed by atoms with E-state index in [0.717, 1.165) is 36.5 Å². The largest absolute Gasteiger partial charge is 0.493 e. The molecule has 3 heterocycles. The highest BCUT2D eigenvalue weighted by atomic mass is 16.5. The molecule has 1 fully saturated rings. The van der Waals surface area contributed by atoms with Gasteiger partial charge in [-0.2, -0.15) is 0 Å². The molecule has 2 aliphatic heterocycles.